The molecule has 0 fully saturated rings. The summed E-state index contributed by atoms with van der Waals surface area (Å²) in [5.74, 6) is 1.23. The van der Waals surface area contributed by atoms with E-state index in [1.54, 1.807) is 29.2 Å². The van der Waals surface area contributed by atoms with Crippen LogP contribution in [0.1, 0.15) is 11.4 Å². The first-order valence-electron chi connectivity index (χ1n) is 6.77. The van der Waals surface area contributed by atoms with Crippen LogP contribution in [-0.2, 0) is 6.54 Å². The first-order chi connectivity index (χ1) is 10.6. The van der Waals surface area contributed by atoms with Crippen LogP contribution in [0.15, 0.2) is 53.4 Å². The summed E-state index contributed by atoms with van der Waals surface area (Å²) in [6.07, 6.45) is 5.12. The van der Waals surface area contributed by atoms with Gasteiger partial charge < -0.3 is 9.88 Å². The normalized spacial score (nSPS) is 10.7. The van der Waals surface area contributed by atoms with Crippen molar-refractivity contribution in [1.29, 1.82) is 0 Å². The number of hydrogen-bond donors (Lipinski definition) is 1. The molecule has 3 rings (SSSR count). The van der Waals surface area contributed by atoms with Gasteiger partial charge in [-0.1, -0.05) is 6.07 Å². The Balaban J connectivity index is 1.75. The van der Waals surface area contributed by atoms with Crippen molar-refractivity contribution in [3.63, 3.8) is 0 Å². The molecule has 6 heteroatoms. The monoisotopic (exact) mass is 360 g/mol. The Morgan fingerprint density at radius 3 is 2.73 bits per heavy atom. The molecular formula is C16H14BrFN4. The molecule has 0 atom stereocenters. The van der Waals surface area contributed by atoms with E-state index in [2.05, 4.69) is 31.2 Å². The van der Waals surface area contributed by atoms with Gasteiger partial charge in [-0.3, -0.25) is 0 Å². The molecule has 112 valence electrons. The predicted octanol–water partition coefficient (Wildman–Crippen LogP) is 4.09. The maximum atomic E-state index is 14.3. The largest absolute Gasteiger partial charge is 0.366 e. The van der Waals surface area contributed by atoms with Crippen LogP contribution in [-0.4, -0.2) is 14.5 Å². The third-order valence-electron chi connectivity index (χ3n) is 3.30. The number of aromatic nitrogens is 3. The molecule has 0 aliphatic rings. The summed E-state index contributed by atoms with van der Waals surface area (Å²) in [6, 6.07) is 8.95. The number of pyridine rings is 1. The van der Waals surface area contributed by atoms with Gasteiger partial charge in [-0.05, 0) is 52.7 Å². The maximum absolute atomic E-state index is 14.3. The Bertz CT molecular complexity index is 783. The number of imidazole rings is 1. The van der Waals surface area contributed by atoms with Crippen molar-refractivity contribution < 1.29 is 4.39 Å². The van der Waals surface area contributed by atoms with Crippen molar-refractivity contribution in [2.75, 3.05) is 5.32 Å². The predicted molar refractivity (Wildman–Crippen MR) is 87.5 cm³/mol. The van der Waals surface area contributed by atoms with E-state index in [1.165, 1.54) is 6.07 Å². The average molecular weight is 361 g/mol. The van der Waals surface area contributed by atoms with Gasteiger partial charge >= 0.3 is 0 Å². The number of rotatable bonds is 4. The number of halogens is 2. The second kappa shape index (κ2) is 6.27. The minimum absolute atomic E-state index is 0.274. The molecular weight excluding hydrogens is 347 g/mol. The number of nitrogens with zero attached hydrogens (tertiary/aromatic N) is 3. The van der Waals surface area contributed by atoms with Crippen LogP contribution in [0.25, 0.3) is 5.69 Å². The third-order valence-corrected chi connectivity index (χ3v) is 3.77. The Hall–Kier alpha value is -2.21. The van der Waals surface area contributed by atoms with Crippen molar-refractivity contribution >= 4 is 21.7 Å². The molecule has 0 bridgehead atoms. The van der Waals surface area contributed by atoms with Crippen LogP contribution in [0.3, 0.4) is 0 Å². The van der Waals surface area contributed by atoms with Crippen LogP contribution in [0.2, 0.25) is 0 Å². The summed E-state index contributed by atoms with van der Waals surface area (Å²) >= 11 is 3.34. The minimum Gasteiger partial charge on any atom is -0.366 e. The minimum atomic E-state index is -0.274. The van der Waals surface area contributed by atoms with E-state index in [0.717, 1.165) is 21.7 Å². The van der Waals surface area contributed by atoms with E-state index in [-0.39, 0.29) is 5.82 Å². The quantitative estimate of drug-likeness (QED) is 0.761. The highest BCUT2D eigenvalue weighted by Gasteiger charge is 2.08. The zero-order chi connectivity index (χ0) is 15.5. The number of aryl methyl sites for hydroxylation is 1. The topological polar surface area (TPSA) is 42.7 Å². The lowest BCUT2D eigenvalue weighted by atomic mass is 10.2. The molecule has 4 nitrogen and oxygen atoms in total. The molecule has 2 heterocycles. The number of anilines is 1. The Kier molecular flexibility index (Phi) is 4.20. The molecule has 0 aliphatic carbocycles. The van der Waals surface area contributed by atoms with Crippen LogP contribution in [0, 0.1) is 12.7 Å². The summed E-state index contributed by atoms with van der Waals surface area (Å²) in [4.78, 5) is 8.33. The zero-order valence-corrected chi connectivity index (χ0v) is 13.5. The number of benzene rings is 1. The third kappa shape index (κ3) is 3.17. The van der Waals surface area contributed by atoms with E-state index < -0.39 is 0 Å². The smallest absolute Gasteiger partial charge is 0.147 e. The molecule has 3 aromatic rings. The highest BCUT2D eigenvalue weighted by Crippen LogP contribution is 2.18. The van der Waals surface area contributed by atoms with E-state index >= 15 is 0 Å². The lowest BCUT2D eigenvalue weighted by Crippen LogP contribution is -2.04. The Labute approximate surface area is 136 Å². The molecule has 0 saturated carbocycles. The number of nitrogens with one attached hydrogen (secondary N) is 1. The van der Waals surface area contributed by atoms with Gasteiger partial charge in [-0.2, -0.15) is 0 Å². The molecule has 22 heavy (non-hydrogen) atoms. The van der Waals surface area contributed by atoms with Gasteiger partial charge in [0.2, 0.25) is 0 Å². The summed E-state index contributed by atoms with van der Waals surface area (Å²) < 4.78 is 16.9. The van der Waals surface area contributed by atoms with Gasteiger partial charge in [-0.25, -0.2) is 14.4 Å². The highest BCUT2D eigenvalue weighted by atomic mass is 79.9. The zero-order valence-electron chi connectivity index (χ0n) is 11.9. The molecule has 0 aliphatic heterocycles. The standard InChI is InChI=1S/C16H14BrFN4/c1-11-19-6-7-22(11)15-4-2-12(8-14(15)18)9-20-16-5-3-13(17)10-21-16/h2-8,10H,9H2,1H3,(H,20,21). The molecule has 1 N–H and O–H groups in total. The van der Waals surface area contributed by atoms with Crippen LogP contribution < -0.4 is 5.32 Å². The molecule has 0 amide bonds. The van der Waals surface area contributed by atoms with E-state index in [0.29, 0.717) is 12.2 Å². The summed E-state index contributed by atoms with van der Waals surface area (Å²) in [7, 11) is 0. The second-order valence-corrected chi connectivity index (χ2v) is 5.76. The van der Waals surface area contributed by atoms with E-state index in [1.807, 2.05) is 25.1 Å². The first-order valence-corrected chi connectivity index (χ1v) is 7.57. The molecule has 0 unspecified atom stereocenters. The van der Waals surface area contributed by atoms with Crippen molar-refractivity contribution in [2.24, 2.45) is 0 Å². The Morgan fingerprint density at radius 1 is 1.23 bits per heavy atom. The molecule has 0 spiro atoms. The van der Waals surface area contributed by atoms with Gasteiger partial charge in [0.25, 0.3) is 0 Å². The van der Waals surface area contributed by atoms with Gasteiger partial charge in [0.15, 0.2) is 0 Å². The summed E-state index contributed by atoms with van der Waals surface area (Å²) in [5.41, 5.74) is 1.35. The SMILES string of the molecule is Cc1nccn1-c1ccc(CNc2ccc(Br)cn2)cc1F. The fourth-order valence-electron chi connectivity index (χ4n) is 2.16. The van der Waals surface area contributed by atoms with Crippen LogP contribution in [0.4, 0.5) is 10.2 Å². The molecule has 0 radical (unpaired) electrons. The second-order valence-electron chi connectivity index (χ2n) is 4.85. The van der Waals surface area contributed by atoms with Gasteiger partial charge in [0.1, 0.15) is 17.5 Å². The van der Waals surface area contributed by atoms with Crippen molar-refractivity contribution in [1.82, 2.24) is 14.5 Å². The fourth-order valence-corrected chi connectivity index (χ4v) is 2.40. The lowest BCUT2D eigenvalue weighted by molar-refractivity contribution is 0.614. The van der Waals surface area contributed by atoms with Crippen LogP contribution >= 0.6 is 15.9 Å². The fraction of sp³-hybridized carbons (Fsp3) is 0.125. The molecule has 2 aromatic heterocycles. The lowest BCUT2D eigenvalue weighted by Gasteiger charge is -2.10. The van der Waals surface area contributed by atoms with Crippen molar-refractivity contribution in [3.8, 4) is 5.69 Å². The molecule has 0 saturated heterocycles. The van der Waals surface area contributed by atoms with Gasteiger partial charge in [-0.15, -0.1) is 0 Å². The van der Waals surface area contributed by atoms with Crippen LogP contribution in [0.5, 0.6) is 0 Å². The highest BCUT2D eigenvalue weighted by molar-refractivity contribution is 9.10. The van der Waals surface area contributed by atoms with Crippen molar-refractivity contribution in [2.45, 2.75) is 13.5 Å². The number of hydrogen-bond acceptors (Lipinski definition) is 3. The first kappa shape index (κ1) is 14.7. The van der Waals surface area contributed by atoms with E-state index in [9.17, 15) is 4.39 Å². The summed E-state index contributed by atoms with van der Waals surface area (Å²) in [6.45, 7) is 2.35. The van der Waals surface area contributed by atoms with E-state index in [4.69, 9.17) is 0 Å². The van der Waals surface area contributed by atoms with Crippen molar-refractivity contribution in [3.05, 3.63) is 70.6 Å². The molecule has 1 aromatic carbocycles. The van der Waals surface area contributed by atoms with Gasteiger partial charge in [0, 0.05) is 29.6 Å². The average Bonchev–Trinajstić information content (AvgIpc) is 2.93. The Morgan fingerprint density at radius 2 is 2.09 bits per heavy atom. The maximum Gasteiger partial charge on any atom is 0.147 e. The van der Waals surface area contributed by atoms with Gasteiger partial charge in [0.05, 0.1) is 5.69 Å². The summed E-state index contributed by atoms with van der Waals surface area (Å²) in [5, 5.41) is 3.16.